The minimum atomic E-state index is -0.160. The van der Waals surface area contributed by atoms with Crippen LogP contribution in [0.2, 0.25) is 0 Å². The van der Waals surface area contributed by atoms with Gasteiger partial charge < -0.3 is 10.2 Å². The van der Waals surface area contributed by atoms with Gasteiger partial charge >= 0.3 is 0 Å². The molecule has 0 fully saturated rings. The summed E-state index contributed by atoms with van der Waals surface area (Å²) in [5, 5.41) is 3.47. The molecule has 21 heavy (non-hydrogen) atoms. The van der Waals surface area contributed by atoms with Crippen molar-refractivity contribution < 1.29 is 4.39 Å². The van der Waals surface area contributed by atoms with E-state index >= 15 is 0 Å². The first kappa shape index (κ1) is 18.1. The topological polar surface area (TPSA) is 15.3 Å². The highest BCUT2D eigenvalue weighted by molar-refractivity contribution is 5.20. The Kier molecular flexibility index (Phi) is 6.82. The van der Waals surface area contributed by atoms with Crippen molar-refractivity contribution in [2.75, 3.05) is 20.1 Å². The number of benzene rings is 1. The molecule has 2 unspecified atom stereocenters. The van der Waals surface area contributed by atoms with Gasteiger partial charge in [0.1, 0.15) is 5.82 Å². The van der Waals surface area contributed by atoms with Crippen molar-refractivity contribution in [3.63, 3.8) is 0 Å². The van der Waals surface area contributed by atoms with Crippen molar-refractivity contribution in [1.29, 1.82) is 0 Å². The number of nitrogens with zero attached hydrogens (tertiary/aromatic N) is 1. The van der Waals surface area contributed by atoms with Crippen molar-refractivity contribution in [3.05, 3.63) is 35.6 Å². The third-order valence-corrected chi connectivity index (χ3v) is 4.39. The van der Waals surface area contributed by atoms with E-state index in [1.807, 2.05) is 6.07 Å². The molecule has 2 atom stereocenters. The number of rotatable bonds is 7. The van der Waals surface area contributed by atoms with E-state index in [1.54, 1.807) is 12.1 Å². The number of halogens is 1. The minimum Gasteiger partial charge on any atom is -0.310 e. The van der Waals surface area contributed by atoms with E-state index in [9.17, 15) is 4.39 Å². The van der Waals surface area contributed by atoms with Crippen molar-refractivity contribution in [3.8, 4) is 0 Å². The van der Waals surface area contributed by atoms with Crippen molar-refractivity contribution in [1.82, 2.24) is 10.2 Å². The van der Waals surface area contributed by atoms with E-state index in [-0.39, 0.29) is 17.3 Å². The van der Waals surface area contributed by atoms with Crippen LogP contribution in [0.15, 0.2) is 24.3 Å². The summed E-state index contributed by atoms with van der Waals surface area (Å²) in [6, 6.07) is 7.65. The highest BCUT2D eigenvalue weighted by Crippen LogP contribution is 2.24. The second kappa shape index (κ2) is 7.90. The first-order valence-corrected chi connectivity index (χ1v) is 7.94. The zero-order chi connectivity index (χ0) is 16.0. The Bertz CT molecular complexity index is 425. The molecular weight excluding hydrogens is 263 g/mol. The normalized spacial score (nSPS) is 15.2. The monoisotopic (exact) mass is 294 g/mol. The van der Waals surface area contributed by atoms with Gasteiger partial charge in [-0.1, -0.05) is 39.8 Å². The van der Waals surface area contributed by atoms with Crippen LogP contribution in [0, 0.1) is 11.2 Å². The standard InChI is InChI=1S/C18H31FN2/c1-7-20-17(15-9-8-10-16(19)13-15)11-12-21(6)14(2)18(3,4)5/h8-10,13-14,17,20H,7,11-12H2,1-6H3. The molecule has 0 spiro atoms. The van der Waals surface area contributed by atoms with E-state index in [2.05, 4.69) is 51.9 Å². The fourth-order valence-corrected chi connectivity index (χ4v) is 2.54. The lowest BCUT2D eigenvalue weighted by Gasteiger charge is -2.36. The van der Waals surface area contributed by atoms with Gasteiger partial charge in [0.2, 0.25) is 0 Å². The van der Waals surface area contributed by atoms with Crippen LogP contribution in [0.1, 0.15) is 52.6 Å². The lowest BCUT2D eigenvalue weighted by molar-refractivity contribution is 0.136. The first-order chi connectivity index (χ1) is 9.75. The quantitative estimate of drug-likeness (QED) is 0.809. The van der Waals surface area contributed by atoms with Gasteiger partial charge in [0.15, 0.2) is 0 Å². The number of hydrogen-bond acceptors (Lipinski definition) is 2. The molecule has 0 saturated heterocycles. The highest BCUT2D eigenvalue weighted by atomic mass is 19.1. The third kappa shape index (κ3) is 5.76. The second-order valence-corrected chi connectivity index (χ2v) is 6.98. The molecule has 1 aromatic carbocycles. The molecule has 0 aliphatic heterocycles. The Morgan fingerprint density at radius 3 is 2.48 bits per heavy atom. The highest BCUT2D eigenvalue weighted by Gasteiger charge is 2.24. The average molecular weight is 294 g/mol. The lowest BCUT2D eigenvalue weighted by Crippen LogP contribution is -2.40. The molecule has 0 amide bonds. The zero-order valence-electron chi connectivity index (χ0n) is 14.4. The lowest BCUT2D eigenvalue weighted by atomic mass is 9.87. The fraction of sp³-hybridized carbons (Fsp3) is 0.667. The molecule has 0 aliphatic rings. The maximum Gasteiger partial charge on any atom is 0.123 e. The SMILES string of the molecule is CCNC(CCN(C)C(C)C(C)(C)C)c1cccc(F)c1. The van der Waals surface area contributed by atoms with Crippen molar-refractivity contribution >= 4 is 0 Å². The fourth-order valence-electron chi connectivity index (χ4n) is 2.54. The minimum absolute atomic E-state index is 0.160. The van der Waals surface area contributed by atoms with Crippen LogP contribution in [0.25, 0.3) is 0 Å². The predicted octanol–water partition coefficient (Wildman–Crippen LogP) is 4.23. The Morgan fingerprint density at radius 1 is 1.29 bits per heavy atom. The Morgan fingerprint density at radius 2 is 1.95 bits per heavy atom. The molecule has 0 heterocycles. The summed E-state index contributed by atoms with van der Waals surface area (Å²) in [5.74, 6) is -0.160. The summed E-state index contributed by atoms with van der Waals surface area (Å²) in [6.07, 6.45) is 0.980. The summed E-state index contributed by atoms with van der Waals surface area (Å²) >= 11 is 0. The summed E-state index contributed by atoms with van der Waals surface area (Å²) in [7, 11) is 2.17. The molecule has 0 radical (unpaired) electrons. The van der Waals surface area contributed by atoms with Crippen LogP contribution in [0.4, 0.5) is 4.39 Å². The van der Waals surface area contributed by atoms with E-state index in [4.69, 9.17) is 0 Å². The average Bonchev–Trinajstić information content (AvgIpc) is 2.41. The van der Waals surface area contributed by atoms with E-state index < -0.39 is 0 Å². The Hall–Kier alpha value is -0.930. The van der Waals surface area contributed by atoms with E-state index in [0.29, 0.717) is 6.04 Å². The second-order valence-electron chi connectivity index (χ2n) is 6.98. The summed E-state index contributed by atoms with van der Waals surface area (Å²) in [4.78, 5) is 2.39. The molecule has 1 aromatic rings. The maximum atomic E-state index is 13.4. The van der Waals surface area contributed by atoms with Gasteiger partial charge in [0.25, 0.3) is 0 Å². The van der Waals surface area contributed by atoms with Crippen LogP contribution in [-0.4, -0.2) is 31.1 Å². The van der Waals surface area contributed by atoms with Gasteiger partial charge in [-0.3, -0.25) is 0 Å². The first-order valence-electron chi connectivity index (χ1n) is 7.94. The molecule has 3 heteroatoms. The van der Waals surface area contributed by atoms with Gasteiger partial charge in [0.05, 0.1) is 0 Å². The van der Waals surface area contributed by atoms with Crippen molar-refractivity contribution in [2.45, 2.75) is 53.1 Å². The van der Waals surface area contributed by atoms with Gasteiger partial charge in [0, 0.05) is 12.1 Å². The predicted molar refractivity (Wildman–Crippen MR) is 89.0 cm³/mol. The van der Waals surface area contributed by atoms with Gasteiger partial charge in [-0.05, 0) is 56.6 Å². The van der Waals surface area contributed by atoms with E-state index in [0.717, 1.165) is 25.1 Å². The Balaban J connectivity index is 2.68. The molecule has 0 aromatic heterocycles. The largest absolute Gasteiger partial charge is 0.310 e. The molecule has 1 N–H and O–H groups in total. The van der Waals surface area contributed by atoms with Gasteiger partial charge in [-0.15, -0.1) is 0 Å². The van der Waals surface area contributed by atoms with Crippen molar-refractivity contribution in [2.24, 2.45) is 5.41 Å². The summed E-state index contributed by atoms with van der Waals surface area (Å²) < 4.78 is 13.4. The molecule has 2 nitrogen and oxygen atoms in total. The summed E-state index contributed by atoms with van der Waals surface area (Å²) in [6.45, 7) is 13.0. The van der Waals surface area contributed by atoms with Gasteiger partial charge in [-0.2, -0.15) is 0 Å². The van der Waals surface area contributed by atoms with Crippen LogP contribution in [0.3, 0.4) is 0 Å². The van der Waals surface area contributed by atoms with Crippen LogP contribution in [0.5, 0.6) is 0 Å². The van der Waals surface area contributed by atoms with Crippen LogP contribution < -0.4 is 5.32 Å². The molecule has 1 rings (SSSR count). The molecule has 0 aliphatic carbocycles. The Labute approximate surface area is 129 Å². The number of nitrogens with one attached hydrogen (secondary N) is 1. The summed E-state index contributed by atoms with van der Waals surface area (Å²) in [5.41, 5.74) is 1.30. The molecule has 120 valence electrons. The maximum absolute atomic E-state index is 13.4. The molecule has 0 saturated carbocycles. The third-order valence-electron chi connectivity index (χ3n) is 4.39. The van der Waals surface area contributed by atoms with Crippen LogP contribution >= 0.6 is 0 Å². The van der Waals surface area contributed by atoms with Crippen LogP contribution in [-0.2, 0) is 0 Å². The van der Waals surface area contributed by atoms with E-state index in [1.165, 1.54) is 6.07 Å². The number of hydrogen-bond donors (Lipinski definition) is 1. The smallest absolute Gasteiger partial charge is 0.123 e. The molecular formula is C18H31FN2. The van der Waals surface area contributed by atoms with Gasteiger partial charge in [-0.25, -0.2) is 4.39 Å². The molecule has 0 bridgehead atoms. The zero-order valence-corrected chi connectivity index (χ0v) is 14.4.